The van der Waals surface area contributed by atoms with E-state index in [-0.39, 0.29) is 12.0 Å². The smallest absolute Gasteiger partial charge is 0.350 e. The van der Waals surface area contributed by atoms with Crippen molar-refractivity contribution >= 4 is 45.4 Å². The van der Waals surface area contributed by atoms with E-state index in [2.05, 4.69) is 44.6 Å². The maximum Gasteiger partial charge on any atom is 0.350 e. The van der Waals surface area contributed by atoms with Crippen LogP contribution in [-0.2, 0) is 17.7 Å². The average molecular weight is 494 g/mol. The monoisotopic (exact) mass is 493 g/mol. The normalized spacial score (nSPS) is 14.7. The molecule has 1 atom stereocenters. The number of nitrogens with zero attached hydrogens (tertiary/aromatic N) is 5. The van der Waals surface area contributed by atoms with E-state index in [9.17, 15) is 4.79 Å². The summed E-state index contributed by atoms with van der Waals surface area (Å²) in [7, 11) is 1.68. The predicted molar refractivity (Wildman–Crippen MR) is 135 cm³/mol. The molecule has 0 fully saturated rings. The lowest BCUT2D eigenvalue weighted by molar-refractivity contribution is 0.0531. The first-order chi connectivity index (χ1) is 17.0. The van der Waals surface area contributed by atoms with Gasteiger partial charge >= 0.3 is 5.97 Å². The topological polar surface area (TPSA) is 116 Å². The molecule has 0 bridgehead atoms. The van der Waals surface area contributed by atoms with E-state index in [1.54, 1.807) is 27.3 Å². The molecule has 35 heavy (non-hydrogen) atoms. The molecule has 10 nitrogen and oxygen atoms in total. The van der Waals surface area contributed by atoms with Gasteiger partial charge < -0.3 is 19.4 Å². The highest BCUT2D eigenvalue weighted by atomic mass is 32.1. The molecule has 5 rings (SSSR count). The lowest BCUT2D eigenvalue weighted by Crippen LogP contribution is -2.12. The summed E-state index contributed by atoms with van der Waals surface area (Å²) < 4.78 is 12.5. The minimum Gasteiger partial charge on any atom is -0.497 e. The second-order valence-electron chi connectivity index (χ2n) is 8.18. The third-order valence-electron chi connectivity index (χ3n) is 6.03. The van der Waals surface area contributed by atoms with Crippen LogP contribution in [0.4, 0.5) is 16.9 Å². The lowest BCUT2D eigenvalue weighted by Gasteiger charge is -2.17. The van der Waals surface area contributed by atoms with Crippen LogP contribution in [0.2, 0.25) is 0 Å². The van der Waals surface area contributed by atoms with Gasteiger partial charge in [0.05, 0.1) is 31.8 Å². The van der Waals surface area contributed by atoms with Crippen LogP contribution in [0.1, 0.15) is 52.8 Å². The van der Waals surface area contributed by atoms with E-state index in [4.69, 9.17) is 14.5 Å². The highest BCUT2D eigenvalue weighted by Gasteiger charge is 2.25. The van der Waals surface area contributed by atoms with Gasteiger partial charge in [-0.05, 0) is 56.9 Å². The van der Waals surface area contributed by atoms with Crippen LogP contribution >= 0.6 is 11.3 Å². The minimum absolute atomic E-state index is 0.111. The van der Waals surface area contributed by atoms with Crippen molar-refractivity contribution < 1.29 is 14.3 Å². The summed E-state index contributed by atoms with van der Waals surface area (Å²) in [6.45, 7) is 6.67. The fourth-order valence-corrected chi connectivity index (χ4v) is 5.20. The number of aromatic nitrogens is 5. The number of ether oxygens (including phenoxy) is 2. The Balaban J connectivity index is 1.48. The molecule has 0 radical (unpaired) electrons. The van der Waals surface area contributed by atoms with Gasteiger partial charge in [-0.1, -0.05) is 17.4 Å². The molecule has 1 aromatic carbocycles. The molecule has 3 heterocycles. The summed E-state index contributed by atoms with van der Waals surface area (Å²) in [6, 6.07) is 6.31. The lowest BCUT2D eigenvalue weighted by atomic mass is 10.1. The number of hydrogen-bond acceptors (Lipinski definition) is 10. The Labute approximate surface area is 206 Å². The van der Waals surface area contributed by atoms with E-state index in [1.807, 2.05) is 10.6 Å². The quantitative estimate of drug-likeness (QED) is 0.339. The molecular weight excluding hydrogens is 466 g/mol. The number of carbonyl (C=O) groups excluding carboxylic acids is 1. The van der Waals surface area contributed by atoms with E-state index >= 15 is 0 Å². The number of rotatable bonds is 8. The van der Waals surface area contributed by atoms with E-state index in [1.165, 1.54) is 22.5 Å². The van der Waals surface area contributed by atoms with Gasteiger partial charge in [0, 0.05) is 6.54 Å². The zero-order valence-corrected chi connectivity index (χ0v) is 20.9. The molecule has 0 saturated carbocycles. The fourth-order valence-electron chi connectivity index (χ4n) is 4.34. The first kappa shape index (κ1) is 23.0. The minimum atomic E-state index is -0.382. The summed E-state index contributed by atoms with van der Waals surface area (Å²) in [5, 5.41) is 7.30. The number of aryl methyl sites for hydroxylation is 3. The Morgan fingerprint density at radius 3 is 2.89 bits per heavy atom. The zero-order valence-electron chi connectivity index (χ0n) is 20.1. The second-order valence-corrected chi connectivity index (χ2v) is 9.18. The zero-order chi connectivity index (χ0) is 24.5. The molecule has 2 N–H and O–H groups in total. The van der Waals surface area contributed by atoms with Crippen molar-refractivity contribution in [2.45, 2.75) is 46.2 Å². The average Bonchev–Trinajstić information content (AvgIpc) is 3.55. The van der Waals surface area contributed by atoms with Crippen LogP contribution in [-0.4, -0.2) is 44.2 Å². The molecule has 0 spiro atoms. The largest absolute Gasteiger partial charge is 0.497 e. The van der Waals surface area contributed by atoms with Gasteiger partial charge in [-0.3, -0.25) is 5.32 Å². The molecule has 0 amide bonds. The highest BCUT2D eigenvalue weighted by molar-refractivity contribution is 7.17. The van der Waals surface area contributed by atoms with Gasteiger partial charge in [-0.2, -0.15) is 9.97 Å². The maximum atomic E-state index is 12.2. The maximum absolute atomic E-state index is 12.2. The van der Waals surface area contributed by atoms with Gasteiger partial charge in [-0.15, -0.1) is 0 Å². The number of thiazole rings is 1. The van der Waals surface area contributed by atoms with Gasteiger partial charge in [0.25, 0.3) is 0 Å². The summed E-state index contributed by atoms with van der Waals surface area (Å²) in [5.41, 5.74) is 4.55. The third kappa shape index (κ3) is 4.39. The van der Waals surface area contributed by atoms with Crippen LogP contribution in [0.25, 0.3) is 11.2 Å². The van der Waals surface area contributed by atoms with Crippen molar-refractivity contribution in [2.24, 2.45) is 0 Å². The SMILES string of the molecule is CCOC(=O)c1sc(Nc2nc(NC3CCc4cc(OC)ccc43)c3c(ncn3CC)n2)nc1C. The third-order valence-corrected chi connectivity index (χ3v) is 7.08. The Hall–Kier alpha value is -3.73. The number of esters is 1. The number of benzene rings is 1. The second kappa shape index (κ2) is 9.49. The van der Waals surface area contributed by atoms with Crippen molar-refractivity contribution in [3.8, 4) is 5.75 Å². The number of nitrogens with one attached hydrogen (secondary N) is 2. The number of carbonyl (C=O) groups is 1. The predicted octanol–water partition coefficient (Wildman–Crippen LogP) is 4.64. The summed E-state index contributed by atoms with van der Waals surface area (Å²) in [5.74, 6) is 1.54. The van der Waals surface area contributed by atoms with Gasteiger partial charge in [0.1, 0.15) is 16.1 Å². The number of methoxy groups -OCH3 is 1. The highest BCUT2D eigenvalue weighted by Crippen LogP contribution is 2.37. The molecule has 1 unspecified atom stereocenters. The van der Waals surface area contributed by atoms with Crippen molar-refractivity contribution in [2.75, 3.05) is 24.4 Å². The fraction of sp³-hybridized carbons (Fsp3) is 0.375. The summed E-state index contributed by atoms with van der Waals surface area (Å²) >= 11 is 1.22. The van der Waals surface area contributed by atoms with Crippen LogP contribution in [0, 0.1) is 6.92 Å². The first-order valence-electron chi connectivity index (χ1n) is 11.6. The Morgan fingerprint density at radius 2 is 2.11 bits per heavy atom. The molecule has 182 valence electrons. The standard InChI is InChI=1S/C24H27N7O3S/c1-5-31-12-25-20-18(31)21(27-17-10-7-14-11-15(33-4)8-9-16(14)17)29-23(28-20)30-24-26-13(3)19(35-24)22(32)34-6-2/h8-9,11-12,17H,5-7,10H2,1-4H3,(H2,26,27,28,29,30). The van der Waals surface area contributed by atoms with Crippen molar-refractivity contribution in [3.05, 3.63) is 46.2 Å². The Morgan fingerprint density at radius 1 is 1.26 bits per heavy atom. The number of imidazole rings is 1. The van der Waals surface area contributed by atoms with Crippen LogP contribution < -0.4 is 15.4 Å². The van der Waals surface area contributed by atoms with E-state index in [0.717, 1.165) is 30.7 Å². The number of hydrogen-bond donors (Lipinski definition) is 2. The van der Waals surface area contributed by atoms with Gasteiger partial charge in [0.2, 0.25) is 5.95 Å². The van der Waals surface area contributed by atoms with Crippen LogP contribution in [0.15, 0.2) is 24.5 Å². The summed E-state index contributed by atoms with van der Waals surface area (Å²) in [6.07, 6.45) is 3.69. The van der Waals surface area contributed by atoms with Gasteiger partial charge in [0.15, 0.2) is 16.6 Å². The molecule has 0 aliphatic heterocycles. The van der Waals surface area contributed by atoms with Crippen LogP contribution in [0.5, 0.6) is 5.75 Å². The van der Waals surface area contributed by atoms with Crippen LogP contribution in [0.3, 0.4) is 0 Å². The van der Waals surface area contributed by atoms with E-state index in [0.29, 0.717) is 39.7 Å². The molecule has 4 aromatic rings. The van der Waals surface area contributed by atoms with Crippen molar-refractivity contribution in [1.29, 1.82) is 0 Å². The molecule has 1 aliphatic carbocycles. The molecule has 0 saturated heterocycles. The van der Waals surface area contributed by atoms with Gasteiger partial charge in [-0.25, -0.2) is 14.8 Å². The molecular formula is C24H27N7O3S. The molecule has 3 aromatic heterocycles. The van der Waals surface area contributed by atoms with Crippen molar-refractivity contribution in [1.82, 2.24) is 24.5 Å². The Kier molecular flexibility index (Phi) is 6.25. The molecule has 1 aliphatic rings. The number of anilines is 3. The number of fused-ring (bicyclic) bond motifs is 2. The summed E-state index contributed by atoms with van der Waals surface area (Å²) in [4.78, 5) is 31.0. The van der Waals surface area contributed by atoms with E-state index < -0.39 is 0 Å². The first-order valence-corrected chi connectivity index (χ1v) is 12.4. The molecule has 11 heteroatoms. The van der Waals surface area contributed by atoms with Crippen molar-refractivity contribution in [3.63, 3.8) is 0 Å². The Bertz CT molecular complexity index is 1400.